The molecule has 1 aliphatic rings. The molecule has 1 aliphatic heterocycles. The molecular formula is C18H21FN2. The molecular weight excluding hydrogens is 263 g/mol. The molecule has 1 heterocycles. The van der Waals surface area contributed by atoms with Crippen LogP contribution in [0.1, 0.15) is 23.6 Å². The van der Waals surface area contributed by atoms with E-state index < -0.39 is 0 Å². The summed E-state index contributed by atoms with van der Waals surface area (Å²) in [6.07, 6.45) is 0. The number of hydrogen-bond donors (Lipinski definition) is 1. The van der Waals surface area contributed by atoms with Gasteiger partial charge in [0, 0.05) is 24.7 Å². The lowest BCUT2D eigenvalue weighted by Gasteiger charge is -2.38. The van der Waals surface area contributed by atoms with Crippen molar-refractivity contribution in [2.45, 2.75) is 33.4 Å². The second-order valence-corrected chi connectivity index (χ2v) is 5.90. The summed E-state index contributed by atoms with van der Waals surface area (Å²) >= 11 is 0. The van der Waals surface area contributed by atoms with Crippen molar-refractivity contribution in [2.24, 2.45) is 0 Å². The number of anilines is 2. The number of hydrogen-bond acceptors (Lipinski definition) is 2. The Morgan fingerprint density at radius 2 is 1.90 bits per heavy atom. The van der Waals surface area contributed by atoms with Gasteiger partial charge in [0.15, 0.2) is 0 Å². The van der Waals surface area contributed by atoms with Gasteiger partial charge < -0.3 is 10.2 Å². The minimum atomic E-state index is -0.131. The van der Waals surface area contributed by atoms with Gasteiger partial charge in [0.1, 0.15) is 5.82 Å². The van der Waals surface area contributed by atoms with Crippen molar-refractivity contribution in [1.82, 2.24) is 0 Å². The largest absolute Gasteiger partial charge is 0.381 e. The third kappa shape index (κ3) is 2.60. The molecule has 0 aliphatic carbocycles. The summed E-state index contributed by atoms with van der Waals surface area (Å²) in [5.74, 6) is -0.131. The van der Waals surface area contributed by atoms with E-state index in [0.29, 0.717) is 12.6 Å². The van der Waals surface area contributed by atoms with E-state index in [2.05, 4.69) is 43.1 Å². The average Bonchev–Trinajstić information content (AvgIpc) is 2.46. The fourth-order valence-electron chi connectivity index (χ4n) is 2.84. The molecule has 110 valence electrons. The first-order valence-corrected chi connectivity index (χ1v) is 7.41. The Bertz CT molecular complexity index is 666. The second kappa shape index (κ2) is 5.40. The van der Waals surface area contributed by atoms with Crippen molar-refractivity contribution in [3.63, 3.8) is 0 Å². The monoisotopic (exact) mass is 284 g/mol. The lowest BCUT2D eigenvalue weighted by atomic mass is 10.0. The third-order valence-electron chi connectivity index (χ3n) is 4.34. The fourth-order valence-corrected chi connectivity index (χ4v) is 2.84. The number of nitrogens with one attached hydrogen (secondary N) is 1. The van der Waals surface area contributed by atoms with Crippen LogP contribution in [0.4, 0.5) is 15.8 Å². The summed E-state index contributed by atoms with van der Waals surface area (Å²) in [7, 11) is 0. The molecule has 0 aromatic heterocycles. The van der Waals surface area contributed by atoms with Crippen molar-refractivity contribution in [2.75, 3.05) is 16.8 Å². The van der Waals surface area contributed by atoms with Gasteiger partial charge in [0.25, 0.3) is 0 Å². The van der Waals surface area contributed by atoms with Gasteiger partial charge in [-0.3, -0.25) is 0 Å². The Morgan fingerprint density at radius 3 is 2.67 bits per heavy atom. The lowest BCUT2D eigenvalue weighted by molar-refractivity contribution is 0.585. The Balaban J connectivity index is 1.99. The smallest absolute Gasteiger partial charge is 0.128 e. The van der Waals surface area contributed by atoms with Gasteiger partial charge in [0.2, 0.25) is 0 Å². The van der Waals surface area contributed by atoms with Gasteiger partial charge in [-0.2, -0.15) is 0 Å². The van der Waals surface area contributed by atoms with E-state index in [4.69, 9.17) is 0 Å². The molecule has 0 amide bonds. The maximum Gasteiger partial charge on any atom is 0.128 e. The van der Waals surface area contributed by atoms with Crippen LogP contribution in [0.25, 0.3) is 0 Å². The highest BCUT2D eigenvalue weighted by molar-refractivity contribution is 5.74. The molecule has 21 heavy (non-hydrogen) atoms. The molecule has 0 bridgehead atoms. The molecule has 2 nitrogen and oxygen atoms in total. The minimum Gasteiger partial charge on any atom is -0.381 e. The van der Waals surface area contributed by atoms with Crippen molar-refractivity contribution < 1.29 is 4.39 Å². The van der Waals surface area contributed by atoms with Crippen molar-refractivity contribution in [3.8, 4) is 0 Å². The van der Waals surface area contributed by atoms with Crippen LogP contribution in [-0.2, 0) is 6.54 Å². The predicted molar refractivity (Wildman–Crippen MR) is 86.5 cm³/mol. The van der Waals surface area contributed by atoms with Gasteiger partial charge in [0.05, 0.1) is 11.4 Å². The molecule has 2 aromatic carbocycles. The zero-order valence-corrected chi connectivity index (χ0v) is 12.8. The quantitative estimate of drug-likeness (QED) is 0.886. The molecule has 1 atom stereocenters. The van der Waals surface area contributed by atoms with Gasteiger partial charge in [-0.25, -0.2) is 4.39 Å². The molecule has 3 heteroatoms. The molecule has 2 aromatic rings. The summed E-state index contributed by atoms with van der Waals surface area (Å²) in [6.45, 7) is 7.90. The normalized spacial score (nSPS) is 17.3. The Hall–Kier alpha value is -2.03. The van der Waals surface area contributed by atoms with E-state index >= 15 is 0 Å². The van der Waals surface area contributed by atoms with Crippen LogP contribution in [0.2, 0.25) is 0 Å². The molecule has 1 N–H and O–H groups in total. The topological polar surface area (TPSA) is 15.3 Å². The molecule has 3 rings (SSSR count). The number of rotatable bonds is 2. The Kier molecular flexibility index (Phi) is 3.58. The maximum atomic E-state index is 13.9. The van der Waals surface area contributed by atoms with Gasteiger partial charge in [-0.15, -0.1) is 0 Å². The summed E-state index contributed by atoms with van der Waals surface area (Å²) in [4.78, 5) is 2.29. The number of nitrogens with zero attached hydrogens (tertiary/aromatic N) is 1. The third-order valence-corrected chi connectivity index (χ3v) is 4.34. The first kappa shape index (κ1) is 13.9. The zero-order valence-electron chi connectivity index (χ0n) is 12.8. The zero-order chi connectivity index (χ0) is 15.0. The van der Waals surface area contributed by atoms with E-state index in [9.17, 15) is 4.39 Å². The molecule has 1 unspecified atom stereocenters. The second-order valence-electron chi connectivity index (χ2n) is 5.90. The van der Waals surface area contributed by atoms with Gasteiger partial charge in [-0.05, 0) is 50.1 Å². The van der Waals surface area contributed by atoms with Crippen LogP contribution in [0.15, 0.2) is 36.4 Å². The maximum absolute atomic E-state index is 13.9. The predicted octanol–water partition coefficient (Wildman–Crippen LogP) is 4.26. The highest BCUT2D eigenvalue weighted by Crippen LogP contribution is 2.35. The van der Waals surface area contributed by atoms with Gasteiger partial charge >= 0.3 is 0 Å². The fraction of sp³-hybridized carbons (Fsp3) is 0.333. The number of fused-ring (bicyclic) bond motifs is 1. The highest BCUT2D eigenvalue weighted by Gasteiger charge is 2.24. The van der Waals surface area contributed by atoms with E-state index in [0.717, 1.165) is 17.8 Å². The molecule has 0 fully saturated rings. The van der Waals surface area contributed by atoms with E-state index in [-0.39, 0.29) is 5.82 Å². The number of aryl methyl sites for hydroxylation is 2. The minimum absolute atomic E-state index is 0.131. The Morgan fingerprint density at radius 1 is 1.19 bits per heavy atom. The number of halogens is 1. The highest BCUT2D eigenvalue weighted by atomic mass is 19.1. The van der Waals surface area contributed by atoms with Crippen molar-refractivity contribution in [3.05, 3.63) is 58.9 Å². The first-order chi connectivity index (χ1) is 10.1. The first-order valence-electron chi connectivity index (χ1n) is 7.41. The Labute approximate surface area is 125 Å². The molecule has 0 saturated carbocycles. The van der Waals surface area contributed by atoms with Crippen LogP contribution >= 0.6 is 0 Å². The van der Waals surface area contributed by atoms with Crippen LogP contribution in [0.3, 0.4) is 0 Å². The van der Waals surface area contributed by atoms with Gasteiger partial charge in [-0.1, -0.05) is 18.2 Å². The summed E-state index contributed by atoms with van der Waals surface area (Å²) in [5.41, 5.74) is 5.60. The summed E-state index contributed by atoms with van der Waals surface area (Å²) in [6, 6.07) is 11.8. The van der Waals surface area contributed by atoms with Crippen LogP contribution < -0.4 is 10.2 Å². The molecule has 0 saturated heterocycles. The number of benzene rings is 2. The standard InChI is InChI=1S/C18H21FN2/c1-12-8-17-18(9-13(12)2)21(14(3)10-20-17)11-15-6-4-5-7-16(15)19/h4-9,14,20H,10-11H2,1-3H3. The molecule has 0 radical (unpaired) electrons. The van der Waals surface area contributed by atoms with E-state index in [1.807, 2.05) is 12.1 Å². The van der Waals surface area contributed by atoms with E-state index in [1.165, 1.54) is 22.9 Å². The van der Waals surface area contributed by atoms with Crippen LogP contribution in [0, 0.1) is 19.7 Å². The van der Waals surface area contributed by atoms with Crippen molar-refractivity contribution >= 4 is 11.4 Å². The SMILES string of the molecule is Cc1cc2c(cc1C)N(Cc1ccccc1F)C(C)CN2. The van der Waals surface area contributed by atoms with Crippen LogP contribution in [-0.4, -0.2) is 12.6 Å². The van der Waals surface area contributed by atoms with E-state index in [1.54, 1.807) is 6.07 Å². The summed E-state index contributed by atoms with van der Waals surface area (Å²) in [5, 5.41) is 3.48. The lowest BCUT2D eigenvalue weighted by Crippen LogP contribution is -2.41. The summed E-state index contributed by atoms with van der Waals surface area (Å²) < 4.78 is 13.9. The van der Waals surface area contributed by atoms with Crippen molar-refractivity contribution in [1.29, 1.82) is 0 Å². The average molecular weight is 284 g/mol. The molecule has 0 spiro atoms. The van der Waals surface area contributed by atoms with Crippen LogP contribution in [0.5, 0.6) is 0 Å².